The molecule has 0 saturated heterocycles. The Hall–Kier alpha value is -0.940. The van der Waals surface area contributed by atoms with Gasteiger partial charge >= 0.3 is 6.03 Å². The molecule has 0 spiro atoms. The molecule has 2 N–H and O–H groups in total. The van der Waals surface area contributed by atoms with Gasteiger partial charge < -0.3 is 10.6 Å². The zero-order valence-electron chi connectivity index (χ0n) is 9.88. The highest BCUT2D eigenvalue weighted by Gasteiger charge is 2.07. The number of nitrogens with one attached hydrogen (secondary N) is 2. The highest BCUT2D eigenvalue weighted by molar-refractivity contribution is 9.10. The average Bonchev–Trinajstić information content (AvgIpc) is 2.31. The normalized spacial score (nSPS) is 10.2. The van der Waals surface area contributed by atoms with Crippen molar-refractivity contribution in [3.8, 4) is 0 Å². The lowest BCUT2D eigenvalue weighted by atomic mass is 10.3. The average molecular weight is 394 g/mol. The molecule has 2 rings (SSSR count). The molecule has 0 heterocycles. The smallest absolute Gasteiger partial charge is 0.308 e. The summed E-state index contributed by atoms with van der Waals surface area (Å²) in [5.41, 5.74) is 1.10. The van der Waals surface area contributed by atoms with Crippen molar-refractivity contribution in [1.82, 2.24) is 0 Å². The first-order valence-electron chi connectivity index (χ1n) is 5.43. The molecule has 0 radical (unpaired) electrons. The van der Waals surface area contributed by atoms with Gasteiger partial charge in [0.15, 0.2) is 0 Å². The first kappa shape index (κ1) is 15.4. The topological polar surface area (TPSA) is 41.1 Å². The van der Waals surface area contributed by atoms with Crippen molar-refractivity contribution in [2.45, 2.75) is 0 Å². The van der Waals surface area contributed by atoms with Gasteiger partial charge in [-0.05, 0) is 52.3 Å². The number of rotatable bonds is 2. The van der Waals surface area contributed by atoms with Crippen LogP contribution in [0, 0.1) is 0 Å². The Labute approximate surface area is 139 Å². The van der Waals surface area contributed by atoms with Gasteiger partial charge in [-0.2, -0.15) is 0 Å². The molecule has 0 aliphatic heterocycles. The summed E-state index contributed by atoms with van der Waals surface area (Å²) in [7, 11) is 0. The van der Waals surface area contributed by atoms with Crippen molar-refractivity contribution in [2.75, 3.05) is 10.6 Å². The lowest BCUT2D eigenvalue weighted by Gasteiger charge is -2.10. The number of carbonyl (C=O) groups is 1. The lowest BCUT2D eigenvalue weighted by molar-refractivity contribution is 0.262. The molecule has 7 heteroatoms. The number of hydrogen-bond acceptors (Lipinski definition) is 1. The van der Waals surface area contributed by atoms with Crippen molar-refractivity contribution in [1.29, 1.82) is 0 Å². The zero-order valence-corrected chi connectivity index (χ0v) is 13.7. The number of urea groups is 1. The fraction of sp³-hybridized carbons (Fsp3) is 0. The summed E-state index contributed by atoms with van der Waals surface area (Å²) in [5.74, 6) is 0. The van der Waals surface area contributed by atoms with Crippen molar-refractivity contribution < 1.29 is 4.79 Å². The van der Waals surface area contributed by atoms with Gasteiger partial charge in [0.1, 0.15) is 0 Å². The second-order valence-corrected chi connectivity index (χ2v) is 6.03. The summed E-state index contributed by atoms with van der Waals surface area (Å²) in [5, 5.41) is 6.79. The third-order valence-electron chi connectivity index (χ3n) is 2.30. The molecule has 0 atom stereocenters. The van der Waals surface area contributed by atoms with Crippen LogP contribution >= 0.6 is 50.7 Å². The molecule has 0 aromatic heterocycles. The van der Waals surface area contributed by atoms with Crippen LogP contribution in [0.1, 0.15) is 0 Å². The molecule has 2 aromatic carbocycles. The Balaban J connectivity index is 2.09. The third-order valence-corrected chi connectivity index (χ3v) is 3.63. The summed E-state index contributed by atoms with van der Waals surface area (Å²) in [6.07, 6.45) is 0. The molecular weight excluding hydrogens is 386 g/mol. The van der Waals surface area contributed by atoms with Crippen LogP contribution in [0.5, 0.6) is 0 Å². The summed E-state index contributed by atoms with van der Waals surface area (Å²) in [6, 6.07) is 9.43. The van der Waals surface area contributed by atoms with E-state index in [1.54, 1.807) is 36.4 Å². The maximum absolute atomic E-state index is 11.9. The second-order valence-electron chi connectivity index (χ2n) is 3.86. The molecule has 20 heavy (non-hydrogen) atoms. The number of benzene rings is 2. The van der Waals surface area contributed by atoms with Gasteiger partial charge in [-0.25, -0.2) is 4.79 Å². The van der Waals surface area contributed by atoms with Crippen LogP contribution in [0.4, 0.5) is 16.2 Å². The molecule has 2 amide bonds. The molecule has 0 unspecified atom stereocenters. The highest BCUT2D eigenvalue weighted by atomic mass is 79.9. The van der Waals surface area contributed by atoms with Gasteiger partial charge in [-0.15, -0.1) is 0 Å². The quantitative estimate of drug-likeness (QED) is 0.639. The minimum Gasteiger partial charge on any atom is -0.308 e. The van der Waals surface area contributed by atoms with Crippen LogP contribution < -0.4 is 10.6 Å². The first-order chi connectivity index (χ1) is 9.44. The number of anilines is 2. The Morgan fingerprint density at radius 3 is 2.15 bits per heavy atom. The molecule has 0 aliphatic carbocycles. The van der Waals surface area contributed by atoms with E-state index in [9.17, 15) is 4.79 Å². The minimum atomic E-state index is -0.411. The fourth-order valence-electron chi connectivity index (χ4n) is 1.50. The van der Waals surface area contributed by atoms with Gasteiger partial charge in [0.05, 0.1) is 5.69 Å². The SMILES string of the molecule is O=C(Nc1cc(Cl)cc(Cl)c1)Nc1ccc(Cl)cc1Br. The van der Waals surface area contributed by atoms with E-state index in [1.165, 1.54) is 0 Å². The van der Waals surface area contributed by atoms with Crippen molar-refractivity contribution in [3.05, 3.63) is 55.9 Å². The van der Waals surface area contributed by atoms with Crippen LogP contribution in [0.25, 0.3) is 0 Å². The standard InChI is InChI=1S/C13H8BrCl3N2O/c14-11-6-7(15)1-2-12(11)19-13(20)18-10-4-8(16)3-9(17)5-10/h1-6H,(H2,18,19,20). The number of carbonyl (C=O) groups excluding carboxylic acids is 1. The van der Waals surface area contributed by atoms with E-state index in [2.05, 4.69) is 26.6 Å². The Kier molecular flexibility index (Phi) is 5.16. The summed E-state index contributed by atoms with van der Waals surface area (Å²) < 4.78 is 0.685. The van der Waals surface area contributed by atoms with Crippen molar-refractivity contribution in [2.24, 2.45) is 0 Å². The first-order valence-corrected chi connectivity index (χ1v) is 7.36. The van der Waals surface area contributed by atoms with E-state index in [0.29, 0.717) is 30.9 Å². The van der Waals surface area contributed by atoms with Crippen LogP contribution in [0.3, 0.4) is 0 Å². The maximum atomic E-state index is 11.9. The molecule has 0 saturated carbocycles. The van der Waals surface area contributed by atoms with Crippen LogP contribution in [0.2, 0.25) is 15.1 Å². The molecule has 3 nitrogen and oxygen atoms in total. The van der Waals surface area contributed by atoms with E-state index in [0.717, 1.165) is 0 Å². The predicted octanol–water partition coefficient (Wildman–Crippen LogP) is 6.05. The summed E-state index contributed by atoms with van der Waals surface area (Å²) in [6.45, 7) is 0. The van der Waals surface area contributed by atoms with Gasteiger partial charge in [-0.1, -0.05) is 34.8 Å². The summed E-state index contributed by atoms with van der Waals surface area (Å²) in [4.78, 5) is 11.9. The molecular formula is C13H8BrCl3N2O. The van der Waals surface area contributed by atoms with E-state index in [4.69, 9.17) is 34.8 Å². The monoisotopic (exact) mass is 392 g/mol. The Morgan fingerprint density at radius 1 is 0.900 bits per heavy atom. The largest absolute Gasteiger partial charge is 0.323 e. The van der Waals surface area contributed by atoms with E-state index >= 15 is 0 Å². The maximum Gasteiger partial charge on any atom is 0.323 e. The zero-order chi connectivity index (χ0) is 14.7. The minimum absolute atomic E-state index is 0.411. The predicted molar refractivity (Wildman–Crippen MR) is 88.3 cm³/mol. The Morgan fingerprint density at radius 2 is 1.55 bits per heavy atom. The highest BCUT2D eigenvalue weighted by Crippen LogP contribution is 2.26. The lowest BCUT2D eigenvalue weighted by Crippen LogP contribution is -2.19. The number of amides is 2. The third kappa shape index (κ3) is 4.28. The van der Waals surface area contributed by atoms with Crippen molar-refractivity contribution in [3.63, 3.8) is 0 Å². The number of hydrogen-bond donors (Lipinski definition) is 2. The summed E-state index contributed by atoms with van der Waals surface area (Å²) >= 11 is 20.9. The van der Waals surface area contributed by atoms with Crippen LogP contribution in [0.15, 0.2) is 40.9 Å². The number of halogens is 4. The second kappa shape index (κ2) is 6.68. The van der Waals surface area contributed by atoms with Crippen molar-refractivity contribution >= 4 is 68.1 Å². The van der Waals surface area contributed by atoms with Gasteiger partial charge in [0, 0.05) is 25.2 Å². The van der Waals surface area contributed by atoms with Gasteiger partial charge in [0.2, 0.25) is 0 Å². The van der Waals surface area contributed by atoms with E-state index in [1.807, 2.05) is 0 Å². The molecule has 0 fully saturated rings. The van der Waals surface area contributed by atoms with Gasteiger partial charge in [-0.3, -0.25) is 0 Å². The molecule has 104 valence electrons. The van der Waals surface area contributed by atoms with Crippen LogP contribution in [-0.2, 0) is 0 Å². The van der Waals surface area contributed by atoms with Gasteiger partial charge in [0.25, 0.3) is 0 Å². The molecule has 0 aliphatic rings. The Bertz CT molecular complexity index is 644. The molecule has 0 bridgehead atoms. The van der Waals surface area contributed by atoms with E-state index < -0.39 is 6.03 Å². The molecule has 2 aromatic rings. The fourth-order valence-corrected chi connectivity index (χ4v) is 2.81. The van der Waals surface area contributed by atoms with Crippen LogP contribution in [-0.4, -0.2) is 6.03 Å². The van der Waals surface area contributed by atoms with E-state index in [-0.39, 0.29) is 0 Å².